The van der Waals surface area contributed by atoms with Crippen LogP contribution >= 0.6 is 0 Å². The SMILES string of the molecule is CC(C)(C)OC(=O)N1CCC(c2ncc(CNc3cccc4c3CN(C3CCC(=O)NC3=O)C4=O)o2)CC1. The van der Waals surface area contributed by atoms with Crippen LogP contribution in [0.2, 0.25) is 0 Å². The minimum atomic E-state index is -0.654. The van der Waals surface area contributed by atoms with Gasteiger partial charge in [-0.25, -0.2) is 9.78 Å². The van der Waals surface area contributed by atoms with Gasteiger partial charge in [0.2, 0.25) is 11.8 Å². The highest BCUT2D eigenvalue weighted by Crippen LogP contribution is 2.33. The molecule has 202 valence electrons. The molecule has 2 aromatic rings. The van der Waals surface area contributed by atoms with Gasteiger partial charge in [0.05, 0.1) is 12.7 Å². The summed E-state index contributed by atoms with van der Waals surface area (Å²) in [4.78, 5) is 56.9. The highest BCUT2D eigenvalue weighted by molar-refractivity contribution is 6.06. The minimum absolute atomic E-state index is 0.128. The Kier molecular flexibility index (Phi) is 6.85. The van der Waals surface area contributed by atoms with E-state index in [2.05, 4.69) is 15.6 Å². The second-order valence-corrected chi connectivity index (χ2v) is 11.0. The Labute approximate surface area is 220 Å². The summed E-state index contributed by atoms with van der Waals surface area (Å²) in [6, 6.07) is 4.80. The van der Waals surface area contributed by atoms with Gasteiger partial charge in [0.25, 0.3) is 5.91 Å². The quantitative estimate of drug-likeness (QED) is 0.571. The predicted molar refractivity (Wildman–Crippen MR) is 136 cm³/mol. The maximum absolute atomic E-state index is 13.0. The van der Waals surface area contributed by atoms with E-state index >= 15 is 0 Å². The zero-order chi connectivity index (χ0) is 27.0. The summed E-state index contributed by atoms with van der Waals surface area (Å²) in [5.41, 5.74) is 1.63. The van der Waals surface area contributed by atoms with Crippen LogP contribution in [0.15, 0.2) is 28.8 Å². The van der Waals surface area contributed by atoms with Gasteiger partial charge in [0.15, 0.2) is 5.89 Å². The van der Waals surface area contributed by atoms with Crippen LogP contribution in [0.3, 0.4) is 0 Å². The first-order valence-corrected chi connectivity index (χ1v) is 13.0. The number of aromatic nitrogens is 1. The molecule has 11 nitrogen and oxygen atoms in total. The number of hydrogen-bond acceptors (Lipinski definition) is 8. The molecule has 4 amide bonds. The van der Waals surface area contributed by atoms with Gasteiger partial charge >= 0.3 is 6.09 Å². The lowest BCUT2D eigenvalue weighted by atomic mass is 9.97. The molecular formula is C27H33N5O6. The van der Waals surface area contributed by atoms with E-state index in [1.165, 1.54) is 4.90 Å². The van der Waals surface area contributed by atoms with Gasteiger partial charge in [-0.2, -0.15) is 0 Å². The predicted octanol–water partition coefficient (Wildman–Crippen LogP) is 3.16. The van der Waals surface area contributed by atoms with Crippen LogP contribution in [-0.2, 0) is 27.4 Å². The molecule has 0 bridgehead atoms. The molecule has 1 atom stereocenters. The number of imide groups is 1. The number of hydrogen-bond donors (Lipinski definition) is 2. The fraction of sp³-hybridized carbons (Fsp3) is 0.519. The molecule has 0 radical (unpaired) electrons. The van der Waals surface area contributed by atoms with Crippen molar-refractivity contribution >= 4 is 29.5 Å². The maximum Gasteiger partial charge on any atom is 0.410 e. The van der Waals surface area contributed by atoms with Crippen LogP contribution in [0, 0.1) is 0 Å². The molecule has 1 aromatic heterocycles. The molecule has 0 aliphatic carbocycles. The molecule has 3 aliphatic heterocycles. The van der Waals surface area contributed by atoms with E-state index < -0.39 is 17.6 Å². The largest absolute Gasteiger partial charge is 0.444 e. The summed E-state index contributed by atoms with van der Waals surface area (Å²) in [7, 11) is 0. The highest BCUT2D eigenvalue weighted by atomic mass is 16.6. The zero-order valence-corrected chi connectivity index (χ0v) is 21.9. The normalized spacial score (nSPS) is 20.4. The molecule has 0 spiro atoms. The van der Waals surface area contributed by atoms with Crippen molar-refractivity contribution in [3.63, 3.8) is 0 Å². The van der Waals surface area contributed by atoms with Gasteiger partial charge in [0, 0.05) is 48.8 Å². The third-order valence-corrected chi connectivity index (χ3v) is 7.10. The topological polar surface area (TPSA) is 134 Å². The Morgan fingerprint density at radius 2 is 1.95 bits per heavy atom. The van der Waals surface area contributed by atoms with E-state index in [-0.39, 0.29) is 30.2 Å². The molecule has 1 unspecified atom stereocenters. The molecule has 11 heteroatoms. The van der Waals surface area contributed by atoms with Crippen molar-refractivity contribution in [1.82, 2.24) is 20.1 Å². The van der Waals surface area contributed by atoms with E-state index in [0.717, 1.165) is 24.1 Å². The third-order valence-electron chi connectivity index (χ3n) is 7.10. The van der Waals surface area contributed by atoms with Gasteiger partial charge in [0.1, 0.15) is 17.4 Å². The first kappa shape index (κ1) is 25.7. The van der Waals surface area contributed by atoms with Gasteiger partial charge in [-0.3, -0.25) is 19.7 Å². The van der Waals surface area contributed by atoms with Crippen molar-refractivity contribution in [2.24, 2.45) is 0 Å². The van der Waals surface area contributed by atoms with Crippen molar-refractivity contribution in [3.05, 3.63) is 47.2 Å². The van der Waals surface area contributed by atoms with E-state index in [1.807, 2.05) is 26.8 Å². The van der Waals surface area contributed by atoms with E-state index in [1.54, 1.807) is 23.2 Å². The summed E-state index contributed by atoms with van der Waals surface area (Å²) >= 11 is 0. The number of anilines is 1. The number of benzene rings is 1. The lowest BCUT2D eigenvalue weighted by Crippen LogP contribution is -2.52. The number of oxazole rings is 1. The van der Waals surface area contributed by atoms with Crippen molar-refractivity contribution in [2.45, 2.75) is 77.1 Å². The molecule has 1 aromatic carbocycles. The third kappa shape index (κ3) is 5.36. The number of amides is 4. The Morgan fingerprint density at radius 3 is 2.66 bits per heavy atom. The van der Waals surface area contributed by atoms with Crippen molar-refractivity contribution in [1.29, 1.82) is 0 Å². The Balaban J connectivity index is 1.18. The second-order valence-electron chi connectivity index (χ2n) is 11.0. The standard InChI is InChI=1S/C27H33N5O6/c1-27(2,3)38-26(36)31-11-9-16(10-12-31)24-29-14-17(37-24)13-28-20-6-4-5-18-19(20)15-32(25(18)35)21-7-8-22(33)30-23(21)34/h4-6,14,16,21,28H,7-13,15H2,1-3H3,(H,30,33,34). The van der Waals surface area contributed by atoms with Crippen LogP contribution < -0.4 is 10.6 Å². The van der Waals surface area contributed by atoms with Gasteiger partial charge in [-0.1, -0.05) is 6.07 Å². The van der Waals surface area contributed by atoms with E-state index in [4.69, 9.17) is 9.15 Å². The van der Waals surface area contributed by atoms with Crippen LogP contribution in [0.5, 0.6) is 0 Å². The fourth-order valence-electron chi connectivity index (χ4n) is 5.16. The van der Waals surface area contributed by atoms with Crippen molar-refractivity contribution in [3.8, 4) is 0 Å². The molecule has 5 rings (SSSR count). The summed E-state index contributed by atoms with van der Waals surface area (Å²) < 4.78 is 11.5. The van der Waals surface area contributed by atoms with Crippen LogP contribution in [-0.4, -0.2) is 63.3 Å². The summed E-state index contributed by atoms with van der Waals surface area (Å²) in [5, 5.41) is 5.68. The number of ether oxygens (including phenoxy) is 1. The Morgan fingerprint density at radius 1 is 1.18 bits per heavy atom. The molecular weight excluding hydrogens is 490 g/mol. The summed E-state index contributed by atoms with van der Waals surface area (Å²) in [6.07, 6.45) is 3.44. The lowest BCUT2D eigenvalue weighted by molar-refractivity contribution is -0.136. The average molecular weight is 524 g/mol. The first-order chi connectivity index (χ1) is 18.1. The molecule has 3 aliphatic rings. The molecule has 2 fully saturated rings. The molecule has 2 N–H and O–H groups in total. The highest BCUT2D eigenvalue weighted by Gasteiger charge is 2.40. The zero-order valence-electron chi connectivity index (χ0n) is 21.9. The number of rotatable bonds is 5. The molecule has 4 heterocycles. The van der Waals surface area contributed by atoms with Gasteiger partial charge in [-0.05, 0) is 52.2 Å². The smallest absolute Gasteiger partial charge is 0.410 e. The number of piperidine rings is 2. The van der Waals surface area contributed by atoms with E-state index in [0.29, 0.717) is 49.8 Å². The number of likely N-dealkylation sites (tertiary alicyclic amines) is 1. The molecule has 0 saturated carbocycles. The van der Waals surface area contributed by atoms with Crippen molar-refractivity contribution in [2.75, 3.05) is 18.4 Å². The monoisotopic (exact) mass is 523 g/mol. The van der Waals surface area contributed by atoms with Crippen LogP contribution in [0.1, 0.15) is 79.9 Å². The second kappa shape index (κ2) is 10.1. The Hall–Kier alpha value is -3.89. The summed E-state index contributed by atoms with van der Waals surface area (Å²) in [6.45, 7) is 7.42. The van der Waals surface area contributed by atoms with Crippen LogP contribution in [0.4, 0.5) is 10.5 Å². The van der Waals surface area contributed by atoms with E-state index in [9.17, 15) is 19.2 Å². The van der Waals surface area contributed by atoms with Crippen LogP contribution in [0.25, 0.3) is 0 Å². The number of carbonyl (C=O) groups excluding carboxylic acids is 4. The Bertz CT molecular complexity index is 1260. The summed E-state index contributed by atoms with van der Waals surface area (Å²) in [5.74, 6) is 0.503. The van der Waals surface area contributed by atoms with Gasteiger partial charge < -0.3 is 24.3 Å². The number of nitrogens with one attached hydrogen (secondary N) is 2. The van der Waals surface area contributed by atoms with Gasteiger partial charge in [-0.15, -0.1) is 0 Å². The minimum Gasteiger partial charge on any atom is -0.444 e. The lowest BCUT2D eigenvalue weighted by Gasteiger charge is -2.32. The number of nitrogens with zero attached hydrogens (tertiary/aromatic N) is 3. The number of carbonyl (C=O) groups is 4. The van der Waals surface area contributed by atoms with Crippen molar-refractivity contribution < 1.29 is 28.3 Å². The molecule has 2 saturated heterocycles. The number of fused-ring (bicyclic) bond motifs is 1. The molecule has 38 heavy (non-hydrogen) atoms. The fourth-order valence-corrected chi connectivity index (χ4v) is 5.16. The average Bonchev–Trinajstić information content (AvgIpc) is 3.47. The first-order valence-electron chi connectivity index (χ1n) is 13.0. The maximum atomic E-state index is 13.0.